The lowest BCUT2D eigenvalue weighted by molar-refractivity contribution is -0.142. The molecule has 0 saturated heterocycles. The Balaban J connectivity index is 2.09. The van der Waals surface area contributed by atoms with Crippen LogP contribution in [0.25, 0.3) is 0 Å². The second-order valence-corrected chi connectivity index (χ2v) is 7.46. The lowest BCUT2D eigenvalue weighted by Crippen LogP contribution is -2.58. The summed E-state index contributed by atoms with van der Waals surface area (Å²) >= 11 is 0. The van der Waals surface area contributed by atoms with Crippen molar-refractivity contribution in [3.8, 4) is 0 Å². The Morgan fingerprint density at radius 2 is 1.58 bits per heavy atom. The Morgan fingerprint density at radius 1 is 0.970 bits per heavy atom. The molecule has 4 unspecified atom stereocenters. The Kier molecular flexibility index (Phi) is 9.51. The minimum atomic E-state index is -1.44. The minimum Gasteiger partial charge on any atom is -0.480 e. The minimum absolute atomic E-state index is 0.0752. The van der Waals surface area contributed by atoms with E-state index in [0.29, 0.717) is 5.69 Å². The monoisotopic (exact) mass is 460 g/mol. The zero-order valence-corrected chi connectivity index (χ0v) is 18.0. The average molecular weight is 460 g/mol. The number of aromatic nitrogens is 2. The zero-order valence-electron chi connectivity index (χ0n) is 18.0. The van der Waals surface area contributed by atoms with E-state index >= 15 is 0 Å². The molecule has 0 radical (unpaired) electrons. The van der Waals surface area contributed by atoms with Crippen molar-refractivity contribution >= 4 is 23.7 Å². The number of hydrogen-bond donors (Lipinski definition) is 7. The molecule has 0 bridgehead atoms. The molecule has 0 aliphatic rings. The van der Waals surface area contributed by atoms with Gasteiger partial charge in [-0.05, 0) is 12.5 Å². The molecule has 4 atom stereocenters. The maximum absolute atomic E-state index is 12.9. The molecule has 178 valence electrons. The maximum atomic E-state index is 12.9. The number of imidazole rings is 1. The van der Waals surface area contributed by atoms with Crippen LogP contribution in [0.1, 0.15) is 18.2 Å². The number of nitrogens with two attached hydrogens (primary N) is 1. The number of carboxylic acids is 1. The van der Waals surface area contributed by atoms with Crippen molar-refractivity contribution in [2.45, 2.75) is 43.9 Å². The SMILES string of the molecule is CC(N)C(=O)NC(Cc1ccccc1)C(=O)NC(CO)C(=O)NC(Cc1cnc[nH]1)C(=O)O. The summed E-state index contributed by atoms with van der Waals surface area (Å²) in [7, 11) is 0. The molecule has 3 amide bonds. The van der Waals surface area contributed by atoms with E-state index in [1.54, 1.807) is 30.3 Å². The van der Waals surface area contributed by atoms with Crippen molar-refractivity contribution in [1.29, 1.82) is 0 Å². The Bertz CT molecular complexity index is 934. The van der Waals surface area contributed by atoms with Gasteiger partial charge in [-0.2, -0.15) is 0 Å². The fourth-order valence-corrected chi connectivity index (χ4v) is 2.92. The van der Waals surface area contributed by atoms with E-state index in [1.807, 2.05) is 0 Å². The topological polar surface area (TPSA) is 200 Å². The molecule has 1 aromatic carbocycles. The molecule has 8 N–H and O–H groups in total. The standard InChI is InChI=1S/C21H28N6O6/c1-12(22)18(29)25-15(7-13-5-3-2-4-6-13)19(30)27-17(10-28)20(31)26-16(21(32)33)8-14-9-23-11-24-14/h2-6,9,11-12,15-17,28H,7-8,10,22H2,1H3,(H,23,24)(H,25,29)(H,26,31)(H,27,30)(H,32,33). The Morgan fingerprint density at radius 3 is 2.12 bits per heavy atom. The highest BCUT2D eigenvalue weighted by atomic mass is 16.4. The predicted molar refractivity (Wildman–Crippen MR) is 117 cm³/mol. The first-order valence-electron chi connectivity index (χ1n) is 10.2. The highest BCUT2D eigenvalue weighted by Crippen LogP contribution is 2.05. The van der Waals surface area contributed by atoms with Gasteiger partial charge in [0, 0.05) is 24.7 Å². The number of carbonyl (C=O) groups is 4. The van der Waals surface area contributed by atoms with Crippen LogP contribution in [0.5, 0.6) is 0 Å². The van der Waals surface area contributed by atoms with Gasteiger partial charge >= 0.3 is 5.97 Å². The zero-order chi connectivity index (χ0) is 24.4. The second kappa shape index (κ2) is 12.3. The number of benzene rings is 1. The van der Waals surface area contributed by atoms with Crippen molar-refractivity contribution in [2.24, 2.45) is 5.73 Å². The molecule has 33 heavy (non-hydrogen) atoms. The third-order valence-corrected chi connectivity index (χ3v) is 4.74. The number of nitrogens with zero attached hydrogens (tertiary/aromatic N) is 1. The summed E-state index contributed by atoms with van der Waals surface area (Å²) in [5.41, 5.74) is 6.81. The fourth-order valence-electron chi connectivity index (χ4n) is 2.92. The van der Waals surface area contributed by atoms with E-state index in [2.05, 4.69) is 25.9 Å². The quantitative estimate of drug-likeness (QED) is 0.190. The predicted octanol–water partition coefficient (Wildman–Crippen LogP) is -1.93. The van der Waals surface area contributed by atoms with Gasteiger partial charge in [0.1, 0.15) is 18.1 Å². The van der Waals surface area contributed by atoms with Crippen LogP contribution < -0.4 is 21.7 Å². The third-order valence-electron chi connectivity index (χ3n) is 4.74. The largest absolute Gasteiger partial charge is 0.480 e. The van der Waals surface area contributed by atoms with Crippen molar-refractivity contribution in [3.63, 3.8) is 0 Å². The summed E-state index contributed by atoms with van der Waals surface area (Å²) in [5.74, 6) is -3.49. The fraction of sp³-hybridized carbons (Fsp3) is 0.381. The average Bonchev–Trinajstić information content (AvgIpc) is 3.30. The van der Waals surface area contributed by atoms with Crippen molar-refractivity contribution in [1.82, 2.24) is 25.9 Å². The van der Waals surface area contributed by atoms with Crippen molar-refractivity contribution in [3.05, 3.63) is 54.1 Å². The summed E-state index contributed by atoms with van der Waals surface area (Å²) in [6, 6.07) is 4.17. The molecule has 1 heterocycles. The number of aliphatic hydroxyl groups is 1. The van der Waals surface area contributed by atoms with E-state index in [4.69, 9.17) is 5.73 Å². The molecular formula is C21H28N6O6. The first-order chi connectivity index (χ1) is 15.7. The van der Waals surface area contributed by atoms with Crippen molar-refractivity contribution < 1.29 is 29.4 Å². The summed E-state index contributed by atoms with van der Waals surface area (Å²) in [4.78, 5) is 55.6. The molecule has 0 saturated carbocycles. The molecule has 0 aliphatic carbocycles. The molecule has 1 aromatic heterocycles. The number of H-pyrrole nitrogens is 1. The number of aliphatic hydroxyl groups excluding tert-OH is 1. The van der Waals surface area contributed by atoms with Gasteiger partial charge < -0.3 is 36.9 Å². The summed E-state index contributed by atoms with van der Waals surface area (Å²) < 4.78 is 0. The Labute approximate surface area is 190 Å². The van der Waals surface area contributed by atoms with Crippen LogP contribution in [-0.4, -0.2) is 74.6 Å². The van der Waals surface area contributed by atoms with Gasteiger partial charge in [-0.15, -0.1) is 0 Å². The van der Waals surface area contributed by atoms with Crippen LogP contribution in [0, 0.1) is 0 Å². The number of rotatable bonds is 12. The smallest absolute Gasteiger partial charge is 0.326 e. The first kappa shape index (κ1) is 25.5. The molecule has 12 nitrogen and oxygen atoms in total. The van der Waals surface area contributed by atoms with Crippen LogP contribution in [-0.2, 0) is 32.0 Å². The van der Waals surface area contributed by atoms with Crippen LogP contribution in [0.3, 0.4) is 0 Å². The number of carbonyl (C=O) groups excluding carboxylic acids is 3. The number of nitrogens with one attached hydrogen (secondary N) is 4. The van der Waals surface area contributed by atoms with E-state index in [0.717, 1.165) is 5.56 Å². The normalized spacial score (nSPS) is 14.4. The van der Waals surface area contributed by atoms with Gasteiger partial charge in [-0.25, -0.2) is 9.78 Å². The Hall–Kier alpha value is -3.77. The second-order valence-electron chi connectivity index (χ2n) is 7.46. The van der Waals surface area contributed by atoms with Crippen LogP contribution in [0.15, 0.2) is 42.9 Å². The van der Waals surface area contributed by atoms with Crippen LogP contribution >= 0.6 is 0 Å². The molecule has 0 fully saturated rings. The number of amides is 3. The van der Waals surface area contributed by atoms with E-state index < -0.39 is 54.5 Å². The lowest BCUT2D eigenvalue weighted by Gasteiger charge is -2.24. The molecule has 0 spiro atoms. The number of aromatic amines is 1. The van der Waals surface area contributed by atoms with Gasteiger partial charge in [-0.1, -0.05) is 30.3 Å². The van der Waals surface area contributed by atoms with E-state index in [1.165, 1.54) is 19.4 Å². The van der Waals surface area contributed by atoms with E-state index in [9.17, 15) is 29.4 Å². The van der Waals surface area contributed by atoms with Crippen LogP contribution in [0.4, 0.5) is 0 Å². The van der Waals surface area contributed by atoms with Gasteiger partial charge in [0.2, 0.25) is 17.7 Å². The third kappa shape index (κ3) is 8.01. The highest BCUT2D eigenvalue weighted by Gasteiger charge is 2.30. The summed E-state index contributed by atoms with van der Waals surface area (Å²) in [6.07, 6.45) is 2.83. The summed E-state index contributed by atoms with van der Waals surface area (Å²) in [6.45, 7) is 0.676. The number of hydrogen-bond acceptors (Lipinski definition) is 7. The molecule has 2 aromatic rings. The van der Waals surface area contributed by atoms with Gasteiger partial charge in [-0.3, -0.25) is 14.4 Å². The summed E-state index contributed by atoms with van der Waals surface area (Å²) in [5, 5.41) is 26.2. The van der Waals surface area contributed by atoms with Gasteiger partial charge in [0.05, 0.1) is 19.0 Å². The number of aliphatic carboxylic acids is 1. The lowest BCUT2D eigenvalue weighted by atomic mass is 10.0. The molecule has 12 heteroatoms. The van der Waals surface area contributed by atoms with Crippen LogP contribution in [0.2, 0.25) is 0 Å². The maximum Gasteiger partial charge on any atom is 0.326 e. The van der Waals surface area contributed by atoms with Gasteiger partial charge in [0.15, 0.2) is 0 Å². The number of carboxylic acid groups (broad SMARTS) is 1. The van der Waals surface area contributed by atoms with Gasteiger partial charge in [0.25, 0.3) is 0 Å². The van der Waals surface area contributed by atoms with Crippen molar-refractivity contribution in [2.75, 3.05) is 6.61 Å². The first-order valence-corrected chi connectivity index (χ1v) is 10.2. The molecule has 2 rings (SSSR count). The highest BCUT2D eigenvalue weighted by molar-refractivity contribution is 5.94. The van der Waals surface area contributed by atoms with E-state index in [-0.39, 0.29) is 12.8 Å². The molecular weight excluding hydrogens is 432 g/mol. The molecule has 0 aliphatic heterocycles.